The summed E-state index contributed by atoms with van der Waals surface area (Å²) < 4.78 is 18.4. The molecule has 1 fully saturated rings. The van der Waals surface area contributed by atoms with Gasteiger partial charge in [-0.1, -0.05) is 5.16 Å². The molecule has 3 rings (SSSR count). The predicted octanol–water partition coefficient (Wildman–Crippen LogP) is 0.304. The Bertz CT molecular complexity index is 651. The van der Waals surface area contributed by atoms with Crippen LogP contribution in [0.3, 0.4) is 0 Å². The summed E-state index contributed by atoms with van der Waals surface area (Å²) >= 11 is 0. The third-order valence-electron chi connectivity index (χ3n) is 3.76. The van der Waals surface area contributed by atoms with Crippen LogP contribution in [0.5, 0.6) is 0 Å². The van der Waals surface area contributed by atoms with Crippen LogP contribution in [0.15, 0.2) is 28.8 Å². The molecule has 0 radical (unpaired) electrons. The molecule has 1 unspecified atom stereocenters. The van der Waals surface area contributed by atoms with E-state index < -0.39 is 0 Å². The summed E-state index contributed by atoms with van der Waals surface area (Å²) in [6.45, 7) is 4.62. The van der Waals surface area contributed by atoms with Crippen LogP contribution in [0, 0.1) is 12.7 Å². The highest BCUT2D eigenvalue weighted by molar-refractivity contribution is 5.77. The van der Waals surface area contributed by atoms with Crippen molar-refractivity contribution in [3.63, 3.8) is 0 Å². The van der Waals surface area contributed by atoms with Gasteiger partial charge in [0.25, 0.3) is 5.91 Å². The monoisotopic (exact) mass is 290 g/mol. The molecule has 0 aliphatic carbocycles. The quantitative estimate of drug-likeness (QED) is 0.855. The van der Waals surface area contributed by atoms with Crippen LogP contribution in [0.4, 0.5) is 4.39 Å². The average molecular weight is 290 g/mol. The lowest BCUT2D eigenvalue weighted by atomic mass is 10.1. The van der Waals surface area contributed by atoms with Crippen molar-refractivity contribution < 1.29 is 18.6 Å². The largest absolute Gasteiger partial charge is 0.356 e. The zero-order chi connectivity index (χ0) is 14.8. The number of nitrogens with one attached hydrogen (secondary N) is 2. The van der Waals surface area contributed by atoms with Crippen molar-refractivity contribution in [3.05, 3.63) is 41.3 Å². The van der Waals surface area contributed by atoms with Gasteiger partial charge in [-0.05, 0) is 31.2 Å². The van der Waals surface area contributed by atoms with Crippen molar-refractivity contribution in [1.82, 2.24) is 10.5 Å². The molecule has 1 aliphatic heterocycles. The van der Waals surface area contributed by atoms with Gasteiger partial charge in [-0.3, -0.25) is 4.79 Å². The van der Waals surface area contributed by atoms with Gasteiger partial charge in [0, 0.05) is 11.1 Å². The first kappa shape index (κ1) is 13.8. The van der Waals surface area contributed by atoms with Crippen LogP contribution in [-0.2, 0) is 11.3 Å². The van der Waals surface area contributed by atoms with E-state index in [0.29, 0.717) is 25.4 Å². The normalized spacial score (nSPS) is 18.6. The maximum Gasteiger partial charge on any atom is 0.275 e. The molecule has 0 saturated carbocycles. The molecule has 2 heterocycles. The number of aromatic nitrogens is 1. The van der Waals surface area contributed by atoms with Crippen LogP contribution in [0.1, 0.15) is 11.3 Å². The SMILES string of the molecule is Cc1c(C[NH+]2CCNC(=O)C2)noc1-c1ccc(F)cc1. The zero-order valence-electron chi connectivity index (χ0n) is 11.8. The molecule has 1 atom stereocenters. The molecular formula is C15H17FN3O2+. The van der Waals surface area contributed by atoms with Gasteiger partial charge in [0.15, 0.2) is 12.3 Å². The van der Waals surface area contributed by atoms with E-state index in [4.69, 9.17) is 4.52 Å². The van der Waals surface area contributed by atoms with Gasteiger partial charge in [0.1, 0.15) is 18.1 Å². The minimum atomic E-state index is -0.278. The summed E-state index contributed by atoms with van der Waals surface area (Å²) in [4.78, 5) is 12.6. The lowest BCUT2D eigenvalue weighted by molar-refractivity contribution is -0.907. The molecule has 1 aliphatic rings. The maximum absolute atomic E-state index is 13.0. The summed E-state index contributed by atoms with van der Waals surface area (Å²) in [5.74, 6) is 0.446. The van der Waals surface area contributed by atoms with E-state index in [9.17, 15) is 9.18 Å². The molecule has 6 heteroatoms. The van der Waals surface area contributed by atoms with E-state index in [2.05, 4.69) is 10.5 Å². The Labute approximate surface area is 121 Å². The van der Waals surface area contributed by atoms with Gasteiger partial charge in [-0.25, -0.2) is 4.39 Å². The van der Waals surface area contributed by atoms with Crippen molar-refractivity contribution >= 4 is 5.91 Å². The first-order chi connectivity index (χ1) is 10.1. The molecule has 0 bridgehead atoms. The van der Waals surface area contributed by atoms with Crippen molar-refractivity contribution in [3.8, 4) is 11.3 Å². The number of rotatable bonds is 3. The van der Waals surface area contributed by atoms with Crippen molar-refractivity contribution in [2.24, 2.45) is 0 Å². The summed E-state index contributed by atoms with van der Waals surface area (Å²) in [6.07, 6.45) is 0. The Kier molecular flexibility index (Phi) is 3.70. The van der Waals surface area contributed by atoms with E-state index in [1.807, 2.05) is 6.92 Å². The second-order valence-corrected chi connectivity index (χ2v) is 5.29. The fourth-order valence-electron chi connectivity index (χ4n) is 2.55. The lowest BCUT2D eigenvalue weighted by Crippen LogP contribution is -3.14. The summed E-state index contributed by atoms with van der Waals surface area (Å²) in [5.41, 5.74) is 2.60. The Hall–Kier alpha value is -2.21. The fourth-order valence-corrected chi connectivity index (χ4v) is 2.55. The lowest BCUT2D eigenvalue weighted by Gasteiger charge is -2.22. The fraction of sp³-hybridized carbons (Fsp3) is 0.333. The number of piperazine rings is 1. The van der Waals surface area contributed by atoms with Gasteiger partial charge in [-0.2, -0.15) is 0 Å². The number of carbonyl (C=O) groups is 1. The smallest absolute Gasteiger partial charge is 0.275 e. The number of quaternary nitrogens is 1. The maximum atomic E-state index is 13.0. The number of nitrogens with zero attached hydrogens (tertiary/aromatic N) is 1. The first-order valence-corrected chi connectivity index (χ1v) is 6.95. The molecule has 21 heavy (non-hydrogen) atoms. The van der Waals surface area contributed by atoms with Crippen molar-refractivity contribution in [2.45, 2.75) is 13.5 Å². The highest BCUT2D eigenvalue weighted by atomic mass is 19.1. The van der Waals surface area contributed by atoms with Crippen molar-refractivity contribution in [1.29, 1.82) is 0 Å². The predicted molar refractivity (Wildman–Crippen MR) is 74.0 cm³/mol. The first-order valence-electron chi connectivity index (χ1n) is 6.95. The summed E-state index contributed by atoms with van der Waals surface area (Å²) in [6, 6.07) is 6.15. The Balaban J connectivity index is 1.79. The molecule has 2 N–H and O–H groups in total. The number of benzene rings is 1. The number of hydrogen-bond donors (Lipinski definition) is 2. The van der Waals surface area contributed by atoms with Gasteiger partial charge in [-0.15, -0.1) is 0 Å². The molecule has 2 aromatic rings. The van der Waals surface area contributed by atoms with Gasteiger partial charge < -0.3 is 14.7 Å². The highest BCUT2D eigenvalue weighted by Gasteiger charge is 2.23. The van der Waals surface area contributed by atoms with Gasteiger partial charge in [0.05, 0.1) is 13.1 Å². The molecular weight excluding hydrogens is 273 g/mol. The second kappa shape index (κ2) is 5.65. The summed E-state index contributed by atoms with van der Waals surface area (Å²) in [7, 11) is 0. The number of amides is 1. The average Bonchev–Trinajstić information content (AvgIpc) is 2.81. The Morgan fingerprint density at radius 1 is 1.38 bits per heavy atom. The van der Waals surface area contributed by atoms with E-state index in [0.717, 1.165) is 23.4 Å². The number of halogens is 1. The highest BCUT2D eigenvalue weighted by Crippen LogP contribution is 2.25. The van der Waals surface area contributed by atoms with E-state index in [1.54, 1.807) is 12.1 Å². The topological polar surface area (TPSA) is 59.6 Å². The van der Waals surface area contributed by atoms with E-state index in [-0.39, 0.29) is 11.7 Å². The minimum absolute atomic E-state index is 0.0659. The standard InChI is InChI=1S/C15H16FN3O2/c1-10-13(8-19-7-6-17-14(20)9-19)18-21-15(10)11-2-4-12(16)5-3-11/h2-5H,6-9H2,1H3,(H,17,20)/p+1. The van der Waals surface area contributed by atoms with E-state index in [1.165, 1.54) is 17.0 Å². The van der Waals surface area contributed by atoms with Crippen LogP contribution >= 0.6 is 0 Å². The van der Waals surface area contributed by atoms with E-state index >= 15 is 0 Å². The molecule has 1 aromatic heterocycles. The third kappa shape index (κ3) is 2.95. The molecule has 5 nitrogen and oxygen atoms in total. The summed E-state index contributed by atoms with van der Waals surface area (Å²) in [5, 5.41) is 6.92. The van der Waals surface area contributed by atoms with Gasteiger partial charge >= 0.3 is 0 Å². The number of carbonyl (C=O) groups excluding carboxylic acids is 1. The number of hydrogen-bond acceptors (Lipinski definition) is 3. The molecule has 0 spiro atoms. The van der Waals surface area contributed by atoms with Crippen LogP contribution < -0.4 is 10.2 Å². The molecule has 1 aromatic carbocycles. The Morgan fingerprint density at radius 3 is 2.86 bits per heavy atom. The zero-order valence-corrected chi connectivity index (χ0v) is 11.8. The second-order valence-electron chi connectivity index (χ2n) is 5.29. The molecule has 1 saturated heterocycles. The molecule has 110 valence electrons. The van der Waals surface area contributed by atoms with Crippen LogP contribution in [-0.4, -0.2) is 30.7 Å². The third-order valence-corrected chi connectivity index (χ3v) is 3.76. The van der Waals surface area contributed by atoms with Gasteiger partial charge in [0.2, 0.25) is 0 Å². The molecule has 1 amide bonds. The van der Waals surface area contributed by atoms with Crippen LogP contribution in [0.25, 0.3) is 11.3 Å². The van der Waals surface area contributed by atoms with Crippen molar-refractivity contribution in [2.75, 3.05) is 19.6 Å². The Morgan fingerprint density at radius 2 is 2.14 bits per heavy atom. The minimum Gasteiger partial charge on any atom is -0.356 e. The van der Waals surface area contributed by atoms with Crippen LogP contribution in [0.2, 0.25) is 0 Å².